The number of carbonyl (C=O) groups is 2. The molecule has 234 valence electrons. The Morgan fingerprint density at radius 2 is 1.75 bits per heavy atom. The van der Waals surface area contributed by atoms with E-state index in [1.165, 1.54) is 12.1 Å². The molecule has 13 heteroatoms. The van der Waals surface area contributed by atoms with Crippen LogP contribution in [0.25, 0.3) is 0 Å². The molecule has 44 heavy (non-hydrogen) atoms. The summed E-state index contributed by atoms with van der Waals surface area (Å²) in [5.74, 6) is -0.467. The number of piperazine rings is 1. The summed E-state index contributed by atoms with van der Waals surface area (Å²) in [4.78, 5) is 35.4. The highest BCUT2D eigenvalue weighted by Gasteiger charge is 2.59. The number of thiophene rings is 1. The van der Waals surface area contributed by atoms with Crippen LogP contribution in [0.3, 0.4) is 0 Å². The molecule has 0 spiro atoms. The number of likely N-dealkylation sites (tertiary alicyclic amines) is 1. The third kappa shape index (κ3) is 5.36. The number of hydrogen-bond donors (Lipinski definition) is 1. The van der Waals surface area contributed by atoms with Crippen molar-refractivity contribution in [2.75, 3.05) is 57.2 Å². The highest BCUT2D eigenvalue weighted by Crippen LogP contribution is 2.50. The number of ether oxygens (including phenoxy) is 1. The summed E-state index contributed by atoms with van der Waals surface area (Å²) in [6.07, 6.45) is 2.20. The fourth-order valence-electron chi connectivity index (χ4n) is 6.50. The Balaban J connectivity index is 1.40. The van der Waals surface area contributed by atoms with Crippen molar-refractivity contribution in [2.45, 2.75) is 35.6 Å². The lowest BCUT2D eigenvalue weighted by Crippen LogP contribution is -2.61. The van der Waals surface area contributed by atoms with E-state index in [9.17, 15) is 18.0 Å². The van der Waals surface area contributed by atoms with Gasteiger partial charge in [0.2, 0.25) is 0 Å². The number of hydrogen-bond acceptors (Lipinski definition) is 8. The van der Waals surface area contributed by atoms with Crippen LogP contribution in [0.4, 0.5) is 10.5 Å². The number of urea groups is 1. The predicted octanol–water partition coefficient (Wildman–Crippen LogP) is 4.20. The van der Waals surface area contributed by atoms with Crippen molar-refractivity contribution in [1.82, 2.24) is 20.0 Å². The van der Waals surface area contributed by atoms with Crippen LogP contribution in [-0.2, 0) is 20.4 Å². The number of carbonyl (C=O) groups excluding carboxylic acids is 2. The van der Waals surface area contributed by atoms with E-state index in [-0.39, 0.29) is 15.5 Å². The fraction of sp³-hybridized carbons (Fsp3) is 0.419. The van der Waals surface area contributed by atoms with Crippen molar-refractivity contribution in [3.05, 3.63) is 76.1 Å². The second-order valence-electron chi connectivity index (χ2n) is 11.3. The third-order valence-corrected chi connectivity index (χ3v) is 12.1. The first-order valence-corrected chi connectivity index (χ1v) is 17.5. The quantitative estimate of drug-likeness (QED) is 0.406. The maximum atomic E-state index is 14.8. The smallest absolute Gasteiger partial charge is 0.318 e. The molecule has 0 aliphatic carbocycles. The van der Waals surface area contributed by atoms with E-state index in [4.69, 9.17) is 16.3 Å². The molecule has 0 bridgehead atoms. The second-order valence-corrected chi connectivity index (χ2v) is 14.7. The average molecular weight is 658 g/mol. The number of halogens is 1. The molecule has 1 unspecified atom stereocenters. The Kier molecular flexibility index (Phi) is 8.64. The summed E-state index contributed by atoms with van der Waals surface area (Å²) in [6, 6.07) is 14.6. The summed E-state index contributed by atoms with van der Waals surface area (Å²) >= 11 is 7.51. The van der Waals surface area contributed by atoms with E-state index in [1.807, 2.05) is 6.92 Å². The van der Waals surface area contributed by atoms with Crippen molar-refractivity contribution in [2.24, 2.45) is 0 Å². The molecule has 3 aromatic rings. The van der Waals surface area contributed by atoms with E-state index >= 15 is 0 Å². The van der Waals surface area contributed by atoms with Gasteiger partial charge in [-0.1, -0.05) is 35.9 Å². The molecule has 1 atom stereocenters. The minimum absolute atomic E-state index is 0.0111. The largest absolute Gasteiger partial charge is 0.493 e. The number of rotatable bonds is 7. The average Bonchev–Trinajstić information content (AvgIpc) is 3.65. The van der Waals surface area contributed by atoms with E-state index in [2.05, 4.69) is 22.2 Å². The molecule has 10 nitrogen and oxygen atoms in total. The van der Waals surface area contributed by atoms with Crippen LogP contribution in [0.15, 0.2) is 64.2 Å². The lowest BCUT2D eigenvalue weighted by Gasteiger charge is -2.43. The van der Waals surface area contributed by atoms with Crippen LogP contribution < -0.4 is 14.4 Å². The van der Waals surface area contributed by atoms with Gasteiger partial charge in [-0.15, -0.1) is 11.3 Å². The molecule has 2 aromatic carbocycles. The molecule has 2 fully saturated rings. The Labute approximate surface area is 267 Å². The van der Waals surface area contributed by atoms with Crippen LogP contribution >= 0.6 is 22.9 Å². The van der Waals surface area contributed by atoms with Gasteiger partial charge in [-0.05, 0) is 75.6 Å². The Bertz CT molecular complexity index is 1640. The fourth-order valence-corrected chi connectivity index (χ4v) is 9.20. The van der Waals surface area contributed by atoms with Gasteiger partial charge in [0.1, 0.15) is 9.96 Å². The predicted molar refractivity (Wildman–Crippen MR) is 171 cm³/mol. The van der Waals surface area contributed by atoms with Gasteiger partial charge in [0.25, 0.3) is 15.9 Å². The molecule has 3 aliphatic rings. The van der Waals surface area contributed by atoms with Gasteiger partial charge in [0.05, 0.1) is 12.3 Å². The SMILES string of the molecule is CCOc1ccccc1C1(NC(=O)N2CCN(C3CCN(C)CC3)CC2)C(=O)N(S(=O)(=O)c2cccs2)c2ccc(Cl)cc21. The second kappa shape index (κ2) is 12.3. The Hall–Kier alpha value is -3.16. The van der Waals surface area contributed by atoms with Gasteiger partial charge >= 0.3 is 6.03 Å². The van der Waals surface area contributed by atoms with Crippen molar-refractivity contribution >= 4 is 50.6 Å². The van der Waals surface area contributed by atoms with E-state index in [1.54, 1.807) is 52.7 Å². The summed E-state index contributed by atoms with van der Waals surface area (Å²) in [5.41, 5.74) is -1.19. The van der Waals surface area contributed by atoms with Crippen LogP contribution in [0.5, 0.6) is 5.75 Å². The van der Waals surface area contributed by atoms with Crippen LogP contribution in [-0.4, -0.2) is 94.0 Å². The summed E-state index contributed by atoms with van der Waals surface area (Å²) in [5, 5.41) is 4.97. The first-order chi connectivity index (χ1) is 21.2. The number of sulfonamides is 1. The van der Waals surface area contributed by atoms with Crippen molar-refractivity contribution in [1.29, 1.82) is 0 Å². The molecule has 6 rings (SSSR count). The molecule has 1 N–H and O–H groups in total. The molecule has 3 amide bonds. The zero-order valence-electron chi connectivity index (χ0n) is 24.7. The standard InChI is InChI=1S/C31H36ClN5O5S2/c1-3-42-27-8-5-4-7-24(27)31(33-30(39)36-18-16-35(17-19-36)23-12-14-34(2)15-13-23)25-21-22(32)10-11-26(25)37(29(31)38)44(40,41)28-9-6-20-43-28/h4-11,20-21,23H,3,12-19H2,1-2H3,(H,33,39). The Morgan fingerprint density at radius 3 is 2.43 bits per heavy atom. The minimum atomic E-state index is -4.32. The highest BCUT2D eigenvalue weighted by molar-refractivity contribution is 7.95. The monoisotopic (exact) mass is 657 g/mol. The van der Waals surface area contributed by atoms with E-state index in [0.29, 0.717) is 42.1 Å². The number of fused-ring (bicyclic) bond motifs is 1. The molecule has 4 heterocycles. The van der Waals surface area contributed by atoms with Crippen molar-refractivity contribution in [3.8, 4) is 5.75 Å². The molecule has 0 radical (unpaired) electrons. The van der Waals surface area contributed by atoms with Gasteiger partial charge < -0.3 is 19.9 Å². The zero-order chi connectivity index (χ0) is 31.1. The maximum absolute atomic E-state index is 14.8. The molecular formula is C31H36ClN5O5S2. The van der Waals surface area contributed by atoms with Gasteiger partial charge in [-0.3, -0.25) is 9.69 Å². The lowest BCUT2D eigenvalue weighted by atomic mass is 9.83. The van der Waals surface area contributed by atoms with E-state index < -0.39 is 27.5 Å². The molecule has 3 aliphatic heterocycles. The van der Waals surface area contributed by atoms with Crippen LogP contribution in [0.1, 0.15) is 30.9 Å². The summed E-state index contributed by atoms with van der Waals surface area (Å²) < 4.78 is 34.8. The van der Waals surface area contributed by atoms with Gasteiger partial charge in [0.15, 0.2) is 5.54 Å². The molecule has 1 aromatic heterocycles. The topological polar surface area (TPSA) is 102 Å². The van der Waals surface area contributed by atoms with Gasteiger partial charge in [-0.25, -0.2) is 4.79 Å². The van der Waals surface area contributed by atoms with Crippen molar-refractivity contribution < 1.29 is 22.7 Å². The molecule has 0 saturated carbocycles. The number of anilines is 1. The highest BCUT2D eigenvalue weighted by atomic mass is 35.5. The maximum Gasteiger partial charge on any atom is 0.318 e. The number of piperidine rings is 1. The number of para-hydroxylation sites is 1. The number of amides is 3. The number of nitrogens with zero attached hydrogens (tertiary/aromatic N) is 4. The molecular weight excluding hydrogens is 622 g/mol. The van der Waals surface area contributed by atoms with Gasteiger partial charge in [-0.2, -0.15) is 12.7 Å². The number of nitrogens with one attached hydrogen (secondary N) is 1. The minimum Gasteiger partial charge on any atom is -0.493 e. The summed E-state index contributed by atoms with van der Waals surface area (Å²) in [6.45, 7) is 6.64. The lowest BCUT2D eigenvalue weighted by molar-refractivity contribution is -0.121. The zero-order valence-corrected chi connectivity index (χ0v) is 27.1. The van der Waals surface area contributed by atoms with Crippen LogP contribution in [0.2, 0.25) is 5.02 Å². The molecule has 2 saturated heterocycles. The first kappa shape index (κ1) is 30.8. The first-order valence-electron chi connectivity index (χ1n) is 14.8. The number of benzene rings is 2. The van der Waals surface area contributed by atoms with Gasteiger partial charge in [0, 0.05) is 48.4 Å². The van der Waals surface area contributed by atoms with Crippen LogP contribution in [0, 0.1) is 0 Å². The summed E-state index contributed by atoms with van der Waals surface area (Å²) in [7, 11) is -2.18. The normalized spacial score (nSPS) is 21.8. The van der Waals surface area contributed by atoms with Crippen molar-refractivity contribution in [3.63, 3.8) is 0 Å². The van der Waals surface area contributed by atoms with E-state index in [0.717, 1.165) is 54.7 Å². The Morgan fingerprint density at radius 1 is 1.02 bits per heavy atom. The third-order valence-electron chi connectivity index (χ3n) is 8.77.